The summed E-state index contributed by atoms with van der Waals surface area (Å²) >= 11 is 0. The predicted octanol–water partition coefficient (Wildman–Crippen LogP) is 0.833. The SMILES string of the molecule is CC1CN(C)CCCN1C(=O)NCC(C)(C)C(=O)O. The van der Waals surface area contributed by atoms with Gasteiger partial charge in [-0.15, -0.1) is 0 Å². The van der Waals surface area contributed by atoms with Crippen LogP contribution in [0.1, 0.15) is 27.2 Å². The predicted molar refractivity (Wildman–Crippen MR) is 73.1 cm³/mol. The maximum Gasteiger partial charge on any atom is 0.317 e. The van der Waals surface area contributed by atoms with Gasteiger partial charge in [-0.05, 0) is 40.8 Å². The summed E-state index contributed by atoms with van der Waals surface area (Å²) in [6, 6.07) is -0.0300. The first-order chi connectivity index (χ1) is 8.74. The van der Waals surface area contributed by atoms with Gasteiger partial charge in [0.25, 0.3) is 0 Å². The minimum absolute atomic E-state index is 0.139. The third-order valence-corrected chi connectivity index (χ3v) is 3.57. The van der Waals surface area contributed by atoms with Gasteiger partial charge in [0.15, 0.2) is 0 Å². The Balaban J connectivity index is 2.55. The molecular formula is C13H25N3O3. The Kier molecular flexibility index (Phi) is 5.17. The number of carbonyl (C=O) groups excluding carboxylic acids is 1. The summed E-state index contributed by atoms with van der Waals surface area (Å²) in [6.07, 6.45) is 0.941. The molecular weight excluding hydrogens is 246 g/mol. The van der Waals surface area contributed by atoms with E-state index in [4.69, 9.17) is 5.11 Å². The summed E-state index contributed by atoms with van der Waals surface area (Å²) in [5, 5.41) is 11.8. The molecule has 110 valence electrons. The van der Waals surface area contributed by atoms with Crippen molar-refractivity contribution in [1.29, 1.82) is 0 Å². The fourth-order valence-corrected chi connectivity index (χ4v) is 2.15. The third-order valence-electron chi connectivity index (χ3n) is 3.57. The number of amides is 2. The molecule has 2 amide bonds. The zero-order chi connectivity index (χ0) is 14.6. The molecule has 0 radical (unpaired) electrons. The second-order valence-corrected chi connectivity index (χ2v) is 6.01. The normalized spacial score (nSPS) is 21.9. The van der Waals surface area contributed by atoms with Gasteiger partial charge in [0, 0.05) is 25.7 Å². The Bertz CT molecular complexity index is 344. The smallest absolute Gasteiger partial charge is 0.317 e. The van der Waals surface area contributed by atoms with E-state index in [-0.39, 0.29) is 18.6 Å². The molecule has 0 aromatic rings. The van der Waals surface area contributed by atoms with Crippen molar-refractivity contribution in [2.24, 2.45) is 5.41 Å². The minimum atomic E-state index is -0.943. The fourth-order valence-electron chi connectivity index (χ4n) is 2.15. The van der Waals surface area contributed by atoms with Crippen molar-refractivity contribution in [3.05, 3.63) is 0 Å². The molecule has 1 unspecified atom stereocenters. The zero-order valence-corrected chi connectivity index (χ0v) is 12.3. The molecule has 0 spiro atoms. The number of likely N-dealkylation sites (N-methyl/N-ethyl adjacent to an activating group) is 1. The number of carboxylic acid groups (broad SMARTS) is 1. The van der Waals surface area contributed by atoms with Gasteiger partial charge < -0.3 is 20.2 Å². The number of carboxylic acids is 1. The van der Waals surface area contributed by atoms with E-state index >= 15 is 0 Å². The molecule has 6 nitrogen and oxygen atoms in total. The van der Waals surface area contributed by atoms with Gasteiger partial charge in [0.2, 0.25) is 0 Å². The molecule has 1 heterocycles. The van der Waals surface area contributed by atoms with Crippen LogP contribution in [0.15, 0.2) is 0 Å². The van der Waals surface area contributed by atoms with E-state index < -0.39 is 11.4 Å². The first kappa shape index (κ1) is 15.8. The standard InChI is InChI=1S/C13H25N3O3/c1-10-8-15(4)6-5-7-16(10)12(19)14-9-13(2,3)11(17)18/h10H,5-9H2,1-4H3,(H,14,19)(H,17,18). The van der Waals surface area contributed by atoms with Gasteiger partial charge in [-0.25, -0.2) is 4.79 Å². The number of carbonyl (C=O) groups is 2. The fraction of sp³-hybridized carbons (Fsp3) is 0.846. The first-order valence-corrected chi connectivity index (χ1v) is 6.70. The summed E-state index contributed by atoms with van der Waals surface area (Å²) in [7, 11) is 2.05. The van der Waals surface area contributed by atoms with Crippen molar-refractivity contribution in [3.63, 3.8) is 0 Å². The highest BCUT2D eigenvalue weighted by atomic mass is 16.4. The van der Waals surface area contributed by atoms with E-state index in [9.17, 15) is 9.59 Å². The van der Waals surface area contributed by atoms with Crippen LogP contribution in [0.25, 0.3) is 0 Å². The van der Waals surface area contributed by atoms with Crippen LogP contribution in [-0.4, -0.2) is 66.2 Å². The minimum Gasteiger partial charge on any atom is -0.481 e. The van der Waals surface area contributed by atoms with E-state index in [1.165, 1.54) is 0 Å². The number of hydrogen-bond donors (Lipinski definition) is 2. The lowest BCUT2D eigenvalue weighted by atomic mass is 9.94. The monoisotopic (exact) mass is 271 g/mol. The molecule has 0 bridgehead atoms. The Morgan fingerprint density at radius 3 is 2.58 bits per heavy atom. The number of hydrogen-bond acceptors (Lipinski definition) is 3. The average Bonchev–Trinajstić information content (AvgIpc) is 2.47. The van der Waals surface area contributed by atoms with Crippen LogP contribution in [-0.2, 0) is 4.79 Å². The van der Waals surface area contributed by atoms with Crippen LogP contribution in [0.3, 0.4) is 0 Å². The van der Waals surface area contributed by atoms with Crippen LogP contribution in [0.5, 0.6) is 0 Å². The molecule has 1 aliphatic rings. The van der Waals surface area contributed by atoms with E-state index in [1.807, 2.05) is 14.0 Å². The lowest BCUT2D eigenvalue weighted by molar-refractivity contribution is -0.146. The number of nitrogens with zero attached hydrogens (tertiary/aromatic N) is 2. The second-order valence-electron chi connectivity index (χ2n) is 6.01. The van der Waals surface area contributed by atoms with E-state index in [2.05, 4.69) is 10.2 Å². The maximum atomic E-state index is 12.1. The number of nitrogens with one attached hydrogen (secondary N) is 1. The third kappa shape index (κ3) is 4.38. The van der Waals surface area contributed by atoms with Crippen molar-refractivity contribution >= 4 is 12.0 Å². The van der Waals surface area contributed by atoms with Crippen molar-refractivity contribution in [1.82, 2.24) is 15.1 Å². The summed E-state index contributed by atoms with van der Waals surface area (Å²) in [5.74, 6) is -0.906. The molecule has 1 saturated heterocycles. The summed E-state index contributed by atoms with van der Waals surface area (Å²) < 4.78 is 0. The Labute approximate surface area is 114 Å². The summed E-state index contributed by atoms with van der Waals surface area (Å²) in [4.78, 5) is 27.1. The lowest BCUT2D eigenvalue weighted by Crippen LogP contribution is -2.50. The molecule has 1 fully saturated rings. The Hall–Kier alpha value is -1.30. The molecule has 1 rings (SSSR count). The lowest BCUT2D eigenvalue weighted by Gasteiger charge is -2.29. The van der Waals surface area contributed by atoms with Crippen LogP contribution >= 0.6 is 0 Å². The van der Waals surface area contributed by atoms with Crippen LogP contribution in [0.4, 0.5) is 4.79 Å². The molecule has 0 aromatic heterocycles. The molecule has 1 aliphatic heterocycles. The molecule has 2 N–H and O–H groups in total. The van der Waals surface area contributed by atoms with Crippen molar-refractivity contribution in [2.75, 3.05) is 33.2 Å². The van der Waals surface area contributed by atoms with Crippen LogP contribution < -0.4 is 5.32 Å². The number of rotatable bonds is 3. The zero-order valence-electron chi connectivity index (χ0n) is 12.3. The van der Waals surface area contributed by atoms with Crippen molar-refractivity contribution in [3.8, 4) is 0 Å². The van der Waals surface area contributed by atoms with Gasteiger partial charge in [-0.2, -0.15) is 0 Å². The van der Waals surface area contributed by atoms with Crippen LogP contribution in [0.2, 0.25) is 0 Å². The molecule has 0 aliphatic carbocycles. The molecule has 19 heavy (non-hydrogen) atoms. The van der Waals surface area contributed by atoms with Crippen molar-refractivity contribution in [2.45, 2.75) is 33.2 Å². The molecule has 0 saturated carbocycles. The van der Waals surface area contributed by atoms with E-state index in [1.54, 1.807) is 18.7 Å². The highest BCUT2D eigenvalue weighted by molar-refractivity contribution is 5.77. The average molecular weight is 271 g/mol. The number of aliphatic carboxylic acids is 1. The van der Waals surface area contributed by atoms with Gasteiger partial charge in [-0.3, -0.25) is 4.79 Å². The van der Waals surface area contributed by atoms with Crippen molar-refractivity contribution < 1.29 is 14.7 Å². The highest BCUT2D eigenvalue weighted by Gasteiger charge is 2.30. The van der Waals surface area contributed by atoms with Gasteiger partial charge in [0.1, 0.15) is 0 Å². The summed E-state index contributed by atoms with van der Waals surface area (Å²) in [6.45, 7) is 7.91. The van der Waals surface area contributed by atoms with Gasteiger partial charge >= 0.3 is 12.0 Å². The quantitative estimate of drug-likeness (QED) is 0.797. The largest absolute Gasteiger partial charge is 0.481 e. The maximum absolute atomic E-state index is 12.1. The summed E-state index contributed by atoms with van der Waals surface area (Å²) in [5.41, 5.74) is -0.943. The van der Waals surface area contributed by atoms with E-state index in [0.29, 0.717) is 6.54 Å². The molecule has 0 aromatic carbocycles. The van der Waals surface area contributed by atoms with Gasteiger partial charge in [-0.1, -0.05) is 0 Å². The number of urea groups is 1. The molecule has 1 atom stereocenters. The van der Waals surface area contributed by atoms with Crippen LogP contribution in [0, 0.1) is 5.41 Å². The van der Waals surface area contributed by atoms with E-state index in [0.717, 1.165) is 19.5 Å². The van der Waals surface area contributed by atoms with Gasteiger partial charge in [0.05, 0.1) is 5.41 Å². The molecule has 6 heteroatoms. The highest BCUT2D eigenvalue weighted by Crippen LogP contribution is 2.14. The topological polar surface area (TPSA) is 72.9 Å². The second kappa shape index (κ2) is 6.23. The Morgan fingerprint density at radius 2 is 2.00 bits per heavy atom. The first-order valence-electron chi connectivity index (χ1n) is 6.70. The Morgan fingerprint density at radius 1 is 1.37 bits per heavy atom.